The Morgan fingerprint density at radius 2 is 1.81 bits per heavy atom. The summed E-state index contributed by atoms with van der Waals surface area (Å²) >= 11 is 2.02. The zero-order chi connectivity index (χ0) is 15.1. The number of rotatable bonds is 7. The Kier molecular flexibility index (Phi) is 6.71. The Hall–Kier alpha value is -0.870. The minimum atomic E-state index is -0.409. The van der Waals surface area contributed by atoms with Crippen LogP contribution in [0.5, 0.6) is 11.5 Å². The van der Waals surface area contributed by atoms with Crippen LogP contribution >= 0.6 is 11.8 Å². The van der Waals surface area contributed by atoms with Gasteiger partial charge in [-0.3, -0.25) is 0 Å². The number of thioether (sulfide) groups is 1. The van der Waals surface area contributed by atoms with E-state index in [1.165, 1.54) is 24.3 Å². The van der Waals surface area contributed by atoms with Gasteiger partial charge in [-0.2, -0.15) is 11.8 Å². The van der Waals surface area contributed by atoms with Gasteiger partial charge in [-0.1, -0.05) is 6.07 Å². The minimum absolute atomic E-state index is 0.409. The van der Waals surface area contributed by atoms with Crippen LogP contribution in [0.2, 0.25) is 0 Å². The Morgan fingerprint density at radius 3 is 2.48 bits per heavy atom. The SMILES string of the molecule is CCOc1ccc(C(O)CC2CCSCC2)cc1OCC. The lowest BCUT2D eigenvalue weighted by molar-refractivity contribution is 0.140. The highest BCUT2D eigenvalue weighted by molar-refractivity contribution is 7.99. The molecule has 118 valence electrons. The lowest BCUT2D eigenvalue weighted by Gasteiger charge is -2.24. The molecule has 1 saturated heterocycles. The second-order valence-corrected chi connectivity index (χ2v) is 6.60. The standard InChI is InChI=1S/C17H26O3S/c1-3-19-16-6-5-14(12-17(16)20-4-2)15(18)11-13-7-9-21-10-8-13/h5-6,12-13,15,18H,3-4,7-11H2,1-2H3. The molecule has 1 aliphatic rings. The van der Waals surface area contributed by atoms with Crippen LogP contribution < -0.4 is 9.47 Å². The summed E-state index contributed by atoms with van der Waals surface area (Å²) in [6.45, 7) is 5.12. The first kappa shape index (κ1) is 16.5. The van der Waals surface area contributed by atoms with E-state index in [0.717, 1.165) is 23.5 Å². The van der Waals surface area contributed by atoms with Crippen molar-refractivity contribution in [2.24, 2.45) is 5.92 Å². The molecule has 4 heteroatoms. The molecule has 3 nitrogen and oxygen atoms in total. The molecule has 1 N–H and O–H groups in total. The molecule has 1 unspecified atom stereocenters. The lowest BCUT2D eigenvalue weighted by Crippen LogP contribution is -2.13. The van der Waals surface area contributed by atoms with Crippen LogP contribution in [-0.4, -0.2) is 29.8 Å². The molecule has 0 radical (unpaired) electrons. The van der Waals surface area contributed by atoms with Crippen LogP contribution in [0.25, 0.3) is 0 Å². The highest BCUT2D eigenvalue weighted by atomic mass is 32.2. The summed E-state index contributed by atoms with van der Waals surface area (Å²) in [6, 6.07) is 5.79. The van der Waals surface area contributed by atoms with Crippen molar-refractivity contribution >= 4 is 11.8 Å². The molecule has 1 fully saturated rings. The van der Waals surface area contributed by atoms with Gasteiger partial charge in [0.15, 0.2) is 11.5 Å². The quantitative estimate of drug-likeness (QED) is 0.824. The van der Waals surface area contributed by atoms with Crippen LogP contribution in [0.15, 0.2) is 18.2 Å². The molecular weight excluding hydrogens is 284 g/mol. The van der Waals surface area contributed by atoms with Gasteiger partial charge in [0.1, 0.15) is 0 Å². The molecule has 2 rings (SSSR count). The van der Waals surface area contributed by atoms with E-state index in [0.29, 0.717) is 19.1 Å². The van der Waals surface area contributed by atoms with Crippen LogP contribution in [-0.2, 0) is 0 Å². The van der Waals surface area contributed by atoms with Gasteiger partial charge < -0.3 is 14.6 Å². The van der Waals surface area contributed by atoms with E-state index in [4.69, 9.17) is 9.47 Å². The fraction of sp³-hybridized carbons (Fsp3) is 0.647. The minimum Gasteiger partial charge on any atom is -0.490 e. The highest BCUT2D eigenvalue weighted by Crippen LogP contribution is 2.35. The first-order valence-corrected chi connectivity index (χ1v) is 9.05. The fourth-order valence-electron chi connectivity index (χ4n) is 2.71. The van der Waals surface area contributed by atoms with Crippen molar-refractivity contribution in [2.75, 3.05) is 24.7 Å². The van der Waals surface area contributed by atoms with Gasteiger partial charge in [-0.05, 0) is 68.2 Å². The zero-order valence-electron chi connectivity index (χ0n) is 13.0. The summed E-state index contributed by atoms with van der Waals surface area (Å²) in [5.74, 6) is 4.58. The third-order valence-electron chi connectivity index (χ3n) is 3.85. The van der Waals surface area contributed by atoms with Gasteiger partial charge in [-0.25, -0.2) is 0 Å². The molecule has 1 aromatic rings. The van der Waals surface area contributed by atoms with Crippen molar-refractivity contribution in [3.05, 3.63) is 23.8 Å². The van der Waals surface area contributed by atoms with Crippen molar-refractivity contribution in [2.45, 2.75) is 39.2 Å². The van der Waals surface area contributed by atoms with Gasteiger partial charge in [0.05, 0.1) is 19.3 Å². The number of aliphatic hydroxyl groups excluding tert-OH is 1. The van der Waals surface area contributed by atoms with E-state index in [1.807, 2.05) is 43.8 Å². The molecule has 1 aromatic carbocycles. The molecule has 0 spiro atoms. The van der Waals surface area contributed by atoms with E-state index in [1.54, 1.807) is 0 Å². The summed E-state index contributed by atoms with van der Waals surface area (Å²) in [5.41, 5.74) is 0.931. The van der Waals surface area contributed by atoms with Gasteiger partial charge in [-0.15, -0.1) is 0 Å². The fourth-order valence-corrected chi connectivity index (χ4v) is 3.91. The maximum atomic E-state index is 10.5. The van der Waals surface area contributed by atoms with E-state index < -0.39 is 6.10 Å². The highest BCUT2D eigenvalue weighted by Gasteiger charge is 2.20. The van der Waals surface area contributed by atoms with Gasteiger partial charge in [0.2, 0.25) is 0 Å². The molecule has 0 saturated carbocycles. The number of hydrogen-bond donors (Lipinski definition) is 1. The van der Waals surface area contributed by atoms with Crippen LogP contribution in [0.4, 0.5) is 0 Å². The Labute approximate surface area is 132 Å². The number of hydrogen-bond acceptors (Lipinski definition) is 4. The van der Waals surface area contributed by atoms with Crippen molar-refractivity contribution < 1.29 is 14.6 Å². The summed E-state index contributed by atoms with van der Waals surface area (Å²) in [4.78, 5) is 0. The van der Waals surface area contributed by atoms with Crippen molar-refractivity contribution in [1.82, 2.24) is 0 Å². The maximum Gasteiger partial charge on any atom is 0.161 e. The smallest absolute Gasteiger partial charge is 0.161 e. The molecule has 0 amide bonds. The van der Waals surface area contributed by atoms with Gasteiger partial charge in [0.25, 0.3) is 0 Å². The van der Waals surface area contributed by atoms with Crippen LogP contribution in [0, 0.1) is 5.92 Å². The van der Waals surface area contributed by atoms with Gasteiger partial charge >= 0.3 is 0 Å². The number of aliphatic hydroxyl groups is 1. The largest absolute Gasteiger partial charge is 0.490 e. The third-order valence-corrected chi connectivity index (χ3v) is 4.90. The molecule has 1 heterocycles. The van der Waals surface area contributed by atoms with Crippen LogP contribution in [0.3, 0.4) is 0 Å². The Balaban J connectivity index is 2.05. The summed E-state index contributed by atoms with van der Waals surface area (Å²) in [6.07, 6.45) is 2.88. The second-order valence-electron chi connectivity index (χ2n) is 5.38. The molecule has 0 bridgehead atoms. The molecule has 0 aliphatic carbocycles. The molecule has 21 heavy (non-hydrogen) atoms. The molecule has 1 aliphatic heterocycles. The summed E-state index contributed by atoms with van der Waals surface area (Å²) in [5, 5.41) is 10.5. The summed E-state index contributed by atoms with van der Waals surface area (Å²) < 4.78 is 11.2. The zero-order valence-corrected chi connectivity index (χ0v) is 13.8. The summed E-state index contributed by atoms with van der Waals surface area (Å²) in [7, 11) is 0. The maximum absolute atomic E-state index is 10.5. The second kappa shape index (κ2) is 8.54. The van der Waals surface area contributed by atoms with Crippen molar-refractivity contribution in [3.63, 3.8) is 0 Å². The normalized spacial score (nSPS) is 17.5. The molecule has 1 atom stereocenters. The average Bonchev–Trinajstić information content (AvgIpc) is 2.50. The van der Waals surface area contributed by atoms with Crippen molar-refractivity contribution in [1.29, 1.82) is 0 Å². The first-order chi connectivity index (χ1) is 10.2. The monoisotopic (exact) mass is 310 g/mol. The number of benzene rings is 1. The predicted molar refractivity (Wildman–Crippen MR) is 88.4 cm³/mol. The predicted octanol–water partition coefficient (Wildman–Crippen LogP) is 4.05. The Morgan fingerprint density at radius 1 is 1.14 bits per heavy atom. The van der Waals surface area contributed by atoms with Crippen LogP contribution in [0.1, 0.15) is 44.8 Å². The topological polar surface area (TPSA) is 38.7 Å². The Bertz CT molecular complexity index is 430. The first-order valence-electron chi connectivity index (χ1n) is 7.90. The van der Waals surface area contributed by atoms with E-state index >= 15 is 0 Å². The number of ether oxygens (including phenoxy) is 2. The van der Waals surface area contributed by atoms with Gasteiger partial charge in [0, 0.05) is 0 Å². The third kappa shape index (κ3) is 4.82. The van der Waals surface area contributed by atoms with E-state index in [2.05, 4.69) is 0 Å². The average molecular weight is 310 g/mol. The molecular formula is C17H26O3S. The van der Waals surface area contributed by atoms with E-state index in [9.17, 15) is 5.11 Å². The lowest BCUT2D eigenvalue weighted by atomic mass is 9.92. The molecule has 0 aromatic heterocycles. The van der Waals surface area contributed by atoms with E-state index in [-0.39, 0.29) is 0 Å². The van der Waals surface area contributed by atoms with Crippen molar-refractivity contribution in [3.8, 4) is 11.5 Å².